The van der Waals surface area contributed by atoms with Crippen LogP contribution in [0.5, 0.6) is 5.75 Å². The summed E-state index contributed by atoms with van der Waals surface area (Å²) < 4.78 is 5.70. The van der Waals surface area contributed by atoms with Crippen molar-refractivity contribution in [1.82, 2.24) is 0 Å². The second-order valence-electron chi connectivity index (χ2n) is 5.64. The summed E-state index contributed by atoms with van der Waals surface area (Å²) in [7, 11) is 0. The Balaban J connectivity index is 1.73. The number of amides is 1. The van der Waals surface area contributed by atoms with Gasteiger partial charge in [0.25, 0.3) is 11.6 Å². The highest BCUT2D eigenvalue weighted by Gasteiger charge is 2.16. The minimum atomic E-state index is -0.543. The molecule has 6 nitrogen and oxygen atoms in total. The number of nitrogens with zero attached hydrogens (tertiary/aromatic N) is 1. The van der Waals surface area contributed by atoms with Gasteiger partial charge in [-0.05, 0) is 30.3 Å². The van der Waals surface area contributed by atoms with Gasteiger partial charge in [-0.25, -0.2) is 0 Å². The third kappa shape index (κ3) is 4.62. The minimum absolute atomic E-state index is 0.134. The number of halogens is 1. The van der Waals surface area contributed by atoms with Gasteiger partial charge in [0.15, 0.2) is 0 Å². The standard InChI is InChI=1S/C20H15ClN2O4/c21-17-9-2-1-6-15(17)13-27-16-8-5-7-14(12-16)20(24)22-18-10-3-4-11-19(18)23(25)26/h1-12H,13H2,(H,22,24). The van der Waals surface area contributed by atoms with Crippen molar-refractivity contribution >= 4 is 28.9 Å². The zero-order chi connectivity index (χ0) is 19.2. The Hall–Kier alpha value is -3.38. The topological polar surface area (TPSA) is 81.5 Å². The van der Waals surface area contributed by atoms with Crippen molar-refractivity contribution in [3.05, 3.63) is 99.1 Å². The van der Waals surface area contributed by atoms with Crippen molar-refractivity contribution in [3.8, 4) is 5.75 Å². The average Bonchev–Trinajstić information content (AvgIpc) is 2.68. The molecule has 1 N–H and O–H groups in total. The van der Waals surface area contributed by atoms with Crippen LogP contribution in [0, 0.1) is 10.1 Å². The Kier molecular flexibility index (Phi) is 5.68. The fourth-order valence-electron chi connectivity index (χ4n) is 2.44. The summed E-state index contributed by atoms with van der Waals surface area (Å²) >= 11 is 6.10. The summed E-state index contributed by atoms with van der Waals surface area (Å²) in [5.74, 6) is 0.0256. The monoisotopic (exact) mass is 382 g/mol. The number of benzene rings is 3. The Morgan fingerprint density at radius 3 is 2.56 bits per heavy atom. The van der Waals surface area contributed by atoms with Crippen LogP contribution < -0.4 is 10.1 Å². The van der Waals surface area contributed by atoms with E-state index in [1.165, 1.54) is 18.2 Å². The third-order valence-corrected chi connectivity index (χ3v) is 4.17. The maximum absolute atomic E-state index is 12.5. The van der Waals surface area contributed by atoms with Crippen LogP contribution in [0.1, 0.15) is 15.9 Å². The first-order valence-electron chi connectivity index (χ1n) is 8.05. The molecule has 0 unspecified atom stereocenters. The lowest BCUT2D eigenvalue weighted by Crippen LogP contribution is -2.13. The summed E-state index contributed by atoms with van der Waals surface area (Å²) in [5.41, 5.74) is 1.12. The number of hydrogen-bond acceptors (Lipinski definition) is 4. The molecule has 0 bridgehead atoms. The first-order valence-corrected chi connectivity index (χ1v) is 8.43. The molecule has 7 heteroatoms. The van der Waals surface area contributed by atoms with Gasteiger partial charge in [-0.3, -0.25) is 14.9 Å². The molecule has 0 aliphatic heterocycles. The second-order valence-corrected chi connectivity index (χ2v) is 6.04. The van der Waals surface area contributed by atoms with E-state index in [2.05, 4.69) is 5.32 Å². The Labute approximate surface area is 160 Å². The summed E-state index contributed by atoms with van der Waals surface area (Å²) in [6, 6.07) is 19.9. The number of nitrogens with one attached hydrogen (secondary N) is 1. The molecule has 3 rings (SSSR count). The van der Waals surface area contributed by atoms with E-state index in [1.807, 2.05) is 18.2 Å². The number of nitro benzene ring substituents is 1. The summed E-state index contributed by atoms with van der Waals surface area (Å²) in [6.45, 7) is 0.259. The molecule has 3 aromatic rings. The number of nitro groups is 1. The van der Waals surface area contributed by atoms with Gasteiger partial charge in [0.05, 0.1) is 4.92 Å². The first-order chi connectivity index (χ1) is 13.0. The van der Waals surface area contributed by atoms with Gasteiger partial charge in [0.2, 0.25) is 0 Å². The van der Waals surface area contributed by atoms with E-state index in [4.69, 9.17) is 16.3 Å². The lowest BCUT2D eigenvalue weighted by molar-refractivity contribution is -0.383. The predicted molar refractivity (Wildman–Crippen MR) is 103 cm³/mol. The maximum Gasteiger partial charge on any atom is 0.292 e. The van der Waals surface area contributed by atoms with Crippen LogP contribution in [0.2, 0.25) is 5.02 Å². The molecule has 27 heavy (non-hydrogen) atoms. The molecule has 0 atom stereocenters. The van der Waals surface area contributed by atoms with E-state index < -0.39 is 10.8 Å². The highest BCUT2D eigenvalue weighted by atomic mass is 35.5. The van der Waals surface area contributed by atoms with Gasteiger partial charge < -0.3 is 10.1 Å². The van der Waals surface area contributed by atoms with Gasteiger partial charge in [-0.1, -0.05) is 48.0 Å². The Morgan fingerprint density at radius 2 is 1.78 bits per heavy atom. The normalized spacial score (nSPS) is 10.3. The maximum atomic E-state index is 12.5. The fraction of sp³-hybridized carbons (Fsp3) is 0.0500. The van der Waals surface area contributed by atoms with E-state index in [1.54, 1.807) is 36.4 Å². The van der Waals surface area contributed by atoms with Crippen LogP contribution in [0.25, 0.3) is 0 Å². The second kappa shape index (κ2) is 8.33. The Morgan fingerprint density at radius 1 is 1.04 bits per heavy atom. The molecule has 3 aromatic carbocycles. The summed E-state index contributed by atoms with van der Waals surface area (Å²) in [5, 5.41) is 14.2. The third-order valence-electron chi connectivity index (χ3n) is 3.80. The van der Waals surface area contributed by atoms with Crippen molar-refractivity contribution in [3.63, 3.8) is 0 Å². The molecular weight excluding hydrogens is 368 g/mol. The van der Waals surface area contributed by atoms with Crippen molar-refractivity contribution in [2.75, 3.05) is 5.32 Å². The molecular formula is C20H15ClN2O4. The van der Waals surface area contributed by atoms with Gasteiger partial charge in [-0.15, -0.1) is 0 Å². The number of rotatable bonds is 6. The lowest BCUT2D eigenvalue weighted by Gasteiger charge is -2.10. The van der Waals surface area contributed by atoms with Gasteiger partial charge in [-0.2, -0.15) is 0 Å². The molecule has 0 aliphatic carbocycles. The molecule has 1 amide bonds. The quantitative estimate of drug-likeness (QED) is 0.476. The largest absolute Gasteiger partial charge is 0.489 e. The SMILES string of the molecule is O=C(Nc1ccccc1[N+](=O)[O-])c1cccc(OCc2ccccc2Cl)c1. The first kappa shape index (κ1) is 18.4. The predicted octanol–water partition coefficient (Wildman–Crippen LogP) is 5.08. The van der Waals surface area contributed by atoms with E-state index in [9.17, 15) is 14.9 Å². The van der Waals surface area contributed by atoms with Crippen LogP contribution in [-0.2, 0) is 6.61 Å². The van der Waals surface area contributed by atoms with Crippen molar-refractivity contribution in [2.45, 2.75) is 6.61 Å². The summed E-state index contributed by atoms with van der Waals surface area (Å²) in [4.78, 5) is 23.0. The Bertz CT molecular complexity index is 991. The molecule has 136 valence electrons. The van der Waals surface area contributed by atoms with Crippen molar-refractivity contribution in [1.29, 1.82) is 0 Å². The average molecular weight is 383 g/mol. The van der Waals surface area contributed by atoms with Gasteiger partial charge in [0, 0.05) is 22.2 Å². The minimum Gasteiger partial charge on any atom is -0.489 e. The lowest BCUT2D eigenvalue weighted by atomic mass is 10.2. The molecule has 0 radical (unpaired) electrons. The number of carbonyl (C=O) groups excluding carboxylic acids is 1. The van der Waals surface area contributed by atoms with Crippen LogP contribution in [0.4, 0.5) is 11.4 Å². The van der Waals surface area contributed by atoms with E-state index >= 15 is 0 Å². The van der Waals surface area contributed by atoms with Crippen molar-refractivity contribution in [2.24, 2.45) is 0 Å². The van der Waals surface area contributed by atoms with E-state index in [0.717, 1.165) is 5.56 Å². The molecule has 0 saturated heterocycles. The van der Waals surface area contributed by atoms with Gasteiger partial charge >= 0.3 is 0 Å². The van der Waals surface area contributed by atoms with Crippen LogP contribution in [-0.4, -0.2) is 10.8 Å². The van der Waals surface area contributed by atoms with Crippen LogP contribution in [0.3, 0.4) is 0 Å². The van der Waals surface area contributed by atoms with E-state index in [0.29, 0.717) is 16.3 Å². The number of ether oxygens (including phenoxy) is 1. The molecule has 0 aliphatic rings. The molecule has 0 saturated carbocycles. The van der Waals surface area contributed by atoms with Gasteiger partial charge in [0.1, 0.15) is 18.0 Å². The molecule has 0 spiro atoms. The number of para-hydroxylation sites is 2. The highest BCUT2D eigenvalue weighted by Crippen LogP contribution is 2.25. The fourth-order valence-corrected chi connectivity index (χ4v) is 2.63. The zero-order valence-corrected chi connectivity index (χ0v) is 14.8. The van der Waals surface area contributed by atoms with E-state index in [-0.39, 0.29) is 18.0 Å². The van der Waals surface area contributed by atoms with Crippen LogP contribution >= 0.6 is 11.6 Å². The number of hydrogen-bond donors (Lipinski definition) is 1. The smallest absolute Gasteiger partial charge is 0.292 e. The number of anilines is 1. The van der Waals surface area contributed by atoms with Crippen molar-refractivity contribution < 1.29 is 14.5 Å². The molecule has 0 aromatic heterocycles. The highest BCUT2D eigenvalue weighted by molar-refractivity contribution is 6.31. The number of carbonyl (C=O) groups is 1. The zero-order valence-electron chi connectivity index (χ0n) is 14.1. The summed E-state index contributed by atoms with van der Waals surface area (Å²) in [6.07, 6.45) is 0. The van der Waals surface area contributed by atoms with Crippen LogP contribution in [0.15, 0.2) is 72.8 Å². The molecule has 0 heterocycles. The molecule has 0 fully saturated rings.